The molecule has 1 aliphatic heterocycles. The van der Waals surface area contributed by atoms with Gasteiger partial charge in [0.25, 0.3) is 0 Å². The standard InChI is InChI=1S/C25H36O5/c1-13(28-14(2)26)19-8-9-20-18-7-6-16-10-17(29-15(3)27)11-22-25(16,5)23(18)21(30-22)12-24(19,20)4/h10,13,17-23H,6-9,11-12H2,1-5H3/t13?,17-,18+,19-,20+,21-,22+,23-,24-,25-/m1/s1. The summed E-state index contributed by atoms with van der Waals surface area (Å²) in [4.78, 5) is 23.2. The number of ether oxygens (including phenoxy) is 3. The van der Waals surface area contributed by atoms with Crippen molar-refractivity contribution in [3.63, 3.8) is 0 Å². The Morgan fingerprint density at radius 2 is 1.93 bits per heavy atom. The van der Waals surface area contributed by atoms with E-state index in [1.54, 1.807) is 0 Å². The first-order chi connectivity index (χ1) is 14.1. The van der Waals surface area contributed by atoms with Gasteiger partial charge in [-0.2, -0.15) is 0 Å². The summed E-state index contributed by atoms with van der Waals surface area (Å²) >= 11 is 0. The average Bonchev–Trinajstić information content (AvgIpc) is 3.11. The highest BCUT2D eigenvalue weighted by Crippen LogP contribution is 2.70. The largest absolute Gasteiger partial charge is 0.463 e. The molecular weight excluding hydrogens is 380 g/mol. The molecule has 0 amide bonds. The molecule has 0 aromatic heterocycles. The molecule has 5 heteroatoms. The predicted molar refractivity (Wildman–Crippen MR) is 111 cm³/mol. The summed E-state index contributed by atoms with van der Waals surface area (Å²) in [6.07, 6.45) is 8.90. The molecule has 0 radical (unpaired) electrons. The molecule has 4 aliphatic carbocycles. The second-order valence-electron chi connectivity index (χ2n) is 11.1. The molecule has 1 heterocycles. The molecule has 166 valence electrons. The Bertz CT molecular complexity index is 788. The molecule has 30 heavy (non-hydrogen) atoms. The van der Waals surface area contributed by atoms with E-state index in [0.717, 1.165) is 25.7 Å². The highest BCUT2D eigenvalue weighted by molar-refractivity contribution is 5.66. The third-order valence-corrected chi connectivity index (χ3v) is 9.71. The molecule has 3 saturated carbocycles. The molecule has 0 aromatic carbocycles. The smallest absolute Gasteiger partial charge is 0.303 e. The van der Waals surface area contributed by atoms with Crippen LogP contribution in [0.5, 0.6) is 0 Å². The Morgan fingerprint density at radius 1 is 1.17 bits per heavy atom. The Hall–Kier alpha value is -1.36. The lowest BCUT2D eigenvalue weighted by atomic mass is 9.46. The highest BCUT2D eigenvalue weighted by Gasteiger charge is 2.68. The zero-order valence-electron chi connectivity index (χ0n) is 19.0. The molecule has 5 aliphatic rings. The zero-order valence-corrected chi connectivity index (χ0v) is 19.0. The SMILES string of the molecule is CC(=O)OC(C)[C@H]1CC[C@H]2[C@@H]3CCC4=C[C@@H](OC(C)=O)C[C@@H]5O[C@H](C[C@]12C)[C@@H]3[C@]45C. The van der Waals surface area contributed by atoms with Crippen molar-refractivity contribution in [3.05, 3.63) is 11.6 Å². The van der Waals surface area contributed by atoms with Gasteiger partial charge in [0, 0.05) is 31.6 Å². The van der Waals surface area contributed by atoms with Crippen molar-refractivity contribution in [3.8, 4) is 0 Å². The van der Waals surface area contributed by atoms with E-state index in [1.165, 1.54) is 32.3 Å². The Balaban J connectivity index is 1.46. The van der Waals surface area contributed by atoms with Crippen molar-refractivity contribution in [1.82, 2.24) is 0 Å². The van der Waals surface area contributed by atoms with Gasteiger partial charge in [0.2, 0.25) is 0 Å². The first-order valence-electron chi connectivity index (χ1n) is 11.9. The fourth-order valence-corrected chi connectivity index (χ4v) is 8.79. The van der Waals surface area contributed by atoms with Crippen LogP contribution in [0.25, 0.3) is 0 Å². The summed E-state index contributed by atoms with van der Waals surface area (Å²) in [7, 11) is 0. The first-order valence-corrected chi connectivity index (χ1v) is 11.9. The monoisotopic (exact) mass is 416 g/mol. The number of hydrogen-bond acceptors (Lipinski definition) is 5. The van der Waals surface area contributed by atoms with Gasteiger partial charge in [-0.05, 0) is 68.3 Å². The van der Waals surface area contributed by atoms with Crippen LogP contribution in [-0.2, 0) is 23.8 Å². The summed E-state index contributed by atoms with van der Waals surface area (Å²) in [5, 5.41) is 0. The summed E-state index contributed by atoms with van der Waals surface area (Å²) in [5.41, 5.74) is 1.69. The van der Waals surface area contributed by atoms with Gasteiger partial charge in [-0.15, -0.1) is 0 Å². The zero-order chi connectivity index (χ0) is 21.4. The van der Waals surface area contributed by atoms with Gasteiger partial charge in [0.05, 0.1) is 12.2 Å². The maximum Gasteiger partial charge on any atom is 0.303 e. The normalized spacial score (nSPS) is 49.5. The Morgan fingerprint density at radius 3 is 2.63 bits per heavy atom. The minimum atomic E-state index is -0.214. The molecule has 10 atom stereocenters. The average molecular weight is 417 g/mol. The van der Waals surface area contributed by atoms with Crippen LogP contribution in [0.1, 0.15) is 73.1 Å². The quantitative estimate of drug-likeness (QED) is 0.503. The van der Waals surface area contributed by atoms with E-state index in [-0.39, 0.29) is 47.2 Å². The second kappa shape index (κ2) is 6.82. The molecule has 4 fully saturated rings. The van der Waals surface area contributed by atoms with Crippen molar-refractivity contribution < 1.29 is 23.8 Å². The molecule has 0 spiro atoms. The fraction of sp³-hybridized carbons (Fsp3) is 0.840. The number of esters is 2. The van der Waals surface area contributed by atoms with Crippen molar-refractivity contribution in [2.24, 2.45) is 34.5 Å². The second-order valence-corrected chi connectivity index (χ2v) is 11.1. The van der Waals surface area contributed by atoms with Gasteiger partial charge in [-0.3, -0.25) is 9.59 Å². The molecule has 1 unspecified atom stereocenters. The molecule has 0 N–H and O–H groups in total. The van der Waals surface area contributed by atoms with E-state index in [9.17, 15) is 9.59 Å². The van der Waals surface area contributed by atoms with Gasteiger partial charge in [-0.1, -0.05) is 19.4 Å². The van der Waals surface area contributed by atoms with Crippen molar-refractivity contribution in [1.29, 1.82) is 0 Å². The number of hydrogen-bond donors (Lipinski definition) is 0. The van der Waals surface area contributed by atoms with Crippen LogP contribution in [0, 0.1) is 34.5 Å². The fourth-order valence-electron chi connectivity index (χ4n) is 8.79. The van der Waals surface area contributed by atoms with E-state index in [0.29, 0.717) is 23.7 Å². The topological polar surface area (TPSA) is 61.8 Å². The van der Waals surface area contributed by atoms with Crippen LogP contribution < -0.4 is 0 Å². The van der Waals surface area contributed by atoms with E-state index >= 15 is 0 Å². The van der Waals surface area contributed by atoms with E-state index in [1.807, 2.05) is 0 Å². The van der Waals surface area contributed by atoms with Gasteiger partial charge in [-0.25, -0.2) is 0 Å². The van der Waals surface area contributed by atoms with Crippen molar-refractivity contribution in [2.45, 2.75) is 97.6 Å². The molecule has 5 rings (SSSR count). The number of carbonyl (C=O) groups is 2. The Kier molecular flexibility index (Phi) is 4.67. The maximum absolute atomic E-state index is 11.6. The van der Waals surface area contributed by atoms with Crippen molar-refractivity contribution >= 4 is 11.9 Å². The molecule has 1 saturated heterocycles. The van der Waals surface area contributed by atoms with Crippen LogP contribution in [-0.4, -0.2) is 36.4 Å². The minimum absolute atomic E-state index is 0.0410. The third kappa shape index (κ3) is 2.76. The lowest BCUT2D eigenvalue weighted by Crippen LogP contribution is -2.55. The van der Waals surface area contributed by atoms with Crippen molar-refractivity contribution in [2.75, 3.05) is 0 Å². The highest BCUT2D eigenvalue weighted by atomic mass is 16.6. The summed E-state index contributed by atoms with van der Waals surface area (Å²) in [5.74, 6) is 1.91. The maximum atomic E-state index is 11.6. The number of fused-ring (bicyclic) bond motifs is 2. The van der Waals surface area contributed by atoms with E-state index < -0.39 is 0 Å². The van der Waals surface area contributed by atoms with Gasteiger partial charge < -0.3 is 14.2 Å². The van der Waals surface area contributed by atoms with Gasteiger partial charge >= 0.3 is 11.9 Å². The summed E-state index contributed by atoms with van der Waals surface area (Å²) in [6, 6.07) is 0. The number of carbonyl (C=O) groups excluding carboxylic acids is 2. The first kappa shape index (κ1) is 20.5. The van der Waals surface area contributed by atoms with Crippen LogP contribution in [0.3, 0.4) is 0 Å². The van der Waals surface area contributed by atoms with E-state index in [2.05, 4.69) is 26.8 Å². The van der Waals surface area contributed by atoms with Crippen LogP contribution >= 0.6 is 0 Å². The van der Waals surface area contributed by atoms with Gasteiger partial charge in [0.1, 0.15) is 12.2 Å². The van der Waals surface area contributed by atoms with Crippen LogP contribution in [0.4, 0.5) is 0 Å². The predicted octanol–water partition coefficient (Wildman–Crippen LogP) is 4.44. The Labute approximate surface area is 179 Å². The summed E-state index contributed by atoms with van der Waals surface area (Å²) < 4.78 is 18.1. The molecule has 0 bridgehead atoms. The third-order valence-electron chi connectivity index (χ3n) is 9.71. The molecular formula is C25H36O5. The molecule has 0 aromatic rings. The number of rotatable bonds is 3. The van der Waals surface area contributed by atoms with Crippen LogP contribution in [0.2, 0.25) is 0 Å². The lowest BCUT2D eigenvalue weighted by Gasteiger charge is -2.57. The lowest BCUT2D eigenvalue weighted by molar-refractivity contribution is -0.154. The minimum Gasteiger partial charge on any atom is -0.463 e. The molecule has 5 nitrogen and oxygen atoms in total. The van der Waals surface area contributed by atoms with Gasteiger partial charge in [0.15, 0.2) is 0 Å². The van der Waals surface area contributed by atoms with E-state index in [4.69, 9.17) is 14.2 Å². The van der Waals surface area contributed by atoms with Crippen LogP contribution in [0.15, 0.2) is 11.6 Å². The summed E-state index contributed by atoms with van der Waals surface area (Å²) in [6.45, 7) is 9.94.